The summed E-state index contributed by atoms with van der Waals surface area (Å²) in [6.07, 6.45) is 2.40. The lowest BCUT2D eigenvalue weighted by Crippen LogP contribution is -2.31. The van der Waals surface area contributed by atoms with Crippen molar-refractivity contribution in [2.45, 2.75) is 39.3 Å². The molecule has 0 radical (unpaired) electrons. The van der Waals surface area contributed by atoms with Crippen LogP contribution in [0.25, 0.3) is 0 Å². The van der Waals surface area contributed by atoms with Gasteiger partial charge in [0, 0.05) is 24.0 Å². The lowest BCUT2D eigenvalue weighted by atomic mass is 10.2. The first-order valence-corrected chi connectivity index (χ1v) is 5.18. The molecule has 78 valence electrons. The van der Waals surface area contributed by atoms with Gasteiger partial charge in [-0.15, -0.1) is 0 Å². The number of aromatic amines is 1. The third-order valence-corrected chi connectivity index (χ3v) is 3.05. The van der Waals surface area contributed by atoms with Crippen molar-refractivity contribution >= 4 is 0 Å². The molecule has 1 fully saturated rings. The first kappa shape index (κ1) is 9.52. The van der Waals surface area contributed by atoms with Gasteiger partial charge in [0.25, 0.3) is 0 Å². The molecule has 2 heterocycles. The van der Waals surface area contributed by atoms with Crippen LogP contribution in [0.1, 0.15) is 24.2 Å². The van der Waals surface area contributed by atoms with E-state index >= 15 is 0 Å². The van der Waals surface area contributed by atoms with Crippen molar-refractivity contribution in [3.63, 3.8) is 0 Å². The molecule has 1 aromatic rings. The number of H-pyrrole nitrogens is 1. The van der Waals surface area contributed by atoms with Gasteiger partial charge in [0.1, 0.15) is 0 Å². The molecule has 2 N–H and O–H groups in total. The van der Waals surface area contributed by atoms with E-state index in [0.717, 1.165) is 24.5 Å². The molecule has 1 atom stereocenters. The van der Waals surface area contributed by atoms with Crippen LogP contribution in [0.2, 0.25) is 0 Å². The number of hydrogen-bond acceptors (Lipinski definition) is 2. The summed E-state index contributed by atoms with van der Waals surface area (Å²) in [4.78, 5) is 14.4. The second-order valence-electron chi connectivity index (χ2n) is 4.04. The fourth-order valence-corrected chi connectivity index (χ4v) is 2.03. The molecule has 14 heavy (non-hydrogen) atoms. The summed E-state index contributed by atoms with van der Waals surface area (Å²) >= 11 is 0. The van der Waals surface area contributed by atoms with Gasteiger partial charge in [0.05, 0.1) is 0 Å². The number of aryl methyl sites for hydroxylation is 1. The molecule has 0 aromatic carbocycles. The highest BCUT2D eigenvalue weighted by Crippen LogP contribution is 2.08. The summed E-state index contributed by atoms with van der Waals surface area (Å²) in [6, 6.07) is 0.474. The lowest BCUT2D eigenvalue weighted by molar-refractivity contribution is 0.494. The molecule has 1 aromatic heterocycles. The highest BCUT2D eigenvalue weighted by Gasteiger charge is 2.17. The van der Waals surface area contributed by atoms with Crippen LogP contribution >= 0.6 is 0 Å². The average molecular weight is 195 g/mol. The zero-order valence-electron chi connectivity index (χ0n) is 8.76. The number of hydrogen-bond donors (Lipinski definition) is 2. The normalized spacial score (nSPS) is 21.7. The van der Waals surface area contributed by atoms with Crippen molar-refractivity contribution in [3.05, 3.63) is 21.9 Å². The van der Waals surface area contributed by atoms with Crippen LogP contribution in [-0.2, 0) is 6.54 Å². The quantitative estimate of drug-likeness (QED) is 0.724. The van der Waals surface area contributed by atoms with Gasteiger partial charge in [-0.2, -0.15) is 0 Å². The summed E-state index contributed by atoms with van der Waals surface area (Å²) < 4.78 is 1.83. The van der Waals surface area contributed by atoms with Crippen molar-refractivity contribution in [2.24, 2.45) is 0 Å². The van der Waals surface area contributed by atoms with E-state index in [1.54, 1.807) is 0 Å². The van der Waals surface area contributed by atoms with Gasteiger partial charge in [-0.05, 0) is 33.2 Å². The van der Waals surface area contributed by atoms with Crippen LogP contribution in [0.5, 0.6) is 0 Å². The topological polar surface area (TPSA) is 49.8 Å². The zero-order chi connectivity index (χ0) is 10.1. The summed E-state index contributed by atoms with van der Waals surface area (Å²) in [5.74, 6) is 0. The Balaban J connectivity index is 2.19. The van der Waals surface area contributed by atoms with Gasteiger partial charge in [-0.1, -0.05) is 0 Å². The molecule has 2 rings (SSSR count). The minimum atomic E-state index is 0.0219. The largest absolute Gasteiger partial charge is 0.325 e. The molecular weight excluding hydrogens is 178 g/mol. The van der Waals surface area contributed by atoms with E-state index in [1.165, 1.54) is 12.8 Å². The van der Waals surface area contributed by atoms with Crippen LogP contribution in [0.4, 0.5) is 0 Å². The van der Waals surface area contributed by atoms with Crippen molar-refractivity contribution in [2.75, 3.05) is 6.54 Å². The first-order valence-electron chi connectivity index (χ1n) is 5.18. The molecule has 0 amide bonds. The summed E-state index contributed by atoms with van der Waals surface area (Å²) in [7, 11) is 0. The standard InChI is InChI=1S/C10H17N3O/c1-7-8(2)13(10(14)12-7)6-9-4-3-5-11-9/h9,11H,3-6H2,1-2H3,(H,12,14). The Morgan fingerprint density at radius 3 is 2.79 bits per heavy atom. The second kappa shape index (κ2) is 3.61. The molecule has 0 saturated carbocycles. The van der Waals surface area contributed by atoms with Crippen LogP contribution in [0, 0.1) is 13.8 Å². The predicted octanol–water partition coefficient (Wildman–Crippen LogP) is 0.545. The molecule has 0 aliphatic carbocycles. The van der Waals surface area contributed by atoms with Gasteiger partial charge in [0.15, 0.2) is 0 Å². The van der Waals surface area contributed by atoms with Crippen LogP contribution in [0.15, 0.2) is 4.79 Å². The molecule has 0 bridgehead atoms. The maximum atomic E-state index is 11.5. The van der Waals surface area contributed by atoms with Gasteiger partial charge in [-0.25, -0.2) is 4.79 Å². The Kier molecular flexibility index (Phi) is 2.46. The SMILES string of the molecule is Cc1[nH]c(=O)n(CC2CCCN2)c1C. The van der Waals surface area contributed by atoms with Gasteiger partial charge >= 0.3 is 5.69 Å². The number of nitrogens with zero attached hydrogens (tertiary/aromatic N) is 1. The molecule has 1 unspecified atom stereocenters. The molecule has 4 nitrogen and oxygen atoms in total. The van der Waals surface area contributed by atoms with E-state index in [1.807, 2.05) is 18.4 Å². The maximum Gasteiger partial charge on any atom is 0.325 e. The minimum absolute atomic E-state index is 0.0219. The first-order chi connectivity index (χ1) is 6.68. The molecule has 4 heteroatoms. The zero-order valence-corrected chi connectivity index (χ0v) is 8.76. The molecule has 0 spiro atoms. The summed E-state index contributed by atoms with van der Waals surface area (Å²) in [5, 5.41) is 3.40. The number of aromatic nitrogens is 2. The van der Waals surface area contributed by atoms with E-state index in [9.17, 15) is 4.79 Å². The van der Waals surface area contributed by atoms with Crippen molar-refractivity contribution in [3.8, 4) is 0 Å². The van der Waals surface area contributed by atoms with Crippen LogP contribution in [-0.4, -0.2) is 22.1 Å². The third kappa shape index (κ3) is 1.62. The average Bonchev–Trinajstić information content (AvgIpc) is 2.71. The fraction of sp³-hybridized carbons (Fsp3) is 0.700. The Morgan fingerprint density at radius 1 is 1.50 bits per heavy atom. The van der Waals surface area contributed by atoms with Crippen LogP contribution < -0.4 is 11.0 Å². The van der Waals surface area contributed by atoms with Crippen molar-refractivity contribution in [1.29, 1.82) is 0 Å². The van der Waals surface area contributed by atoms with Crippen molar-refractivity contribution in [1.82, 2.24) is 14.9 Å². The third-order valence-electron chi connectivity index (χ3n) is 3.05. The van der Waals surface area contributed by atoms with Gasteiger partial charge in [0.2, 0.25) is 0 Å². The van der Waals surface area contributed by atoms with E-state index in [0.29, 0.717) is 6.04 Å². The van der Waals surface area contributed by atoms with Gasteiger partial charge in [-0.3, -0.25) is 4.57 Å². The molecule has 1 saturated heterocycles. The molecule has 1 aliphatic heterocycles. The monoisotopic (exact) mass is 195 g/mol. The fourth-order valence-electron chi connectivity index (χ4n) is 2.03. The lowest BCUT2D eigenvalue weighted by Gasteiger charge is -2.11. The van der Waals surface area contributed by atoms with E-state index in [-0.39, 0.29) is 5.69 Å². The maximum absolute atomic E-state index is 11.5. The van der Waals surface area contributed by atoms with E-state index in [2.05, 4.69) is 10.3 Å². The van der Waals surface area contributed by atoms with Crippen molar-refractivity contribution < 1.29 is 0 Å². The Bertz CT molecular complexity index is 371. The highest BCUT2D eigenvalue weighted by atomic mass is 16.1. The van der Waals surface area contributed by atoms with E-state index < -0.39 is 0 Å². The second-order valence-corrected chi connectivity index (χ2v) is 4.04. The number of rotatable bonds is 2. The highest BCUT2D eigenvalue weighted by molar-refractivity contribution is 5.09. The molecular formula is C10H17N3O. The molecule has 1 aliphatic rings. The number of nitrogens with one attached hydrogen (secondary N) is 2. The number of imidazole rings is 1. The minimum Gasteiger partial charge on any atom is -0.312 e. The van der Waals surface area contributed by atoms with E-state index in [4.69, 9.17) is 0 Å². The summed E-state index contributed by atoms with van der Waals surface area (Å²) in [6.45, 7) is 5.81. The predicted molar refractivity (Wildman–Crippen MR) is 55.6 cm³/mol. The van der Waals surface area contributed by atoms with Gasteiger partial charge < -0.3 is 10.3 Å². The summed E-state index contributed by atoms with van der Waals surface area (Å²) in [5.41, 5.74) is 2.06. The van der Waals surface area contributed by atoms with Crippen LogP contribution in [0.3, 0.4) is 0 Å². The Hall–Kier alpha value is -1.03. The Labute approximate surface area is 83.3 Å². The smallest absolute Gasteiger partial charge is 0.312 e. The Morgan fingerprint density at radius 2 is 2.29 bits per heavy atom.